The second kappa shape index (κ2) is 5.87. The van der Waals surface area contributed by atoms with Crippen LogP contribution in [0.4, 0.5) is 0 Å². The Morgan fingerprint density at radius 3 is 3.10 bits per heavy atom. The smallest absolute Gasteiger partial charge is 0.220 e. The van der Waals surface area contributed by atoms with Gasteiger partial charge in [0.25, 0.3) is 0 Å². The van der Waals surface area contributed by atoms with Crippen molar-refractivity contribution in [3.63, 3.8) is 0 Å². The molecule has 21 heavy (non-hydrogen) atoms. The van der Waals surface area contributed by atoms with Crippen molar-refractivity contribution in [3.05, 3.63) is 36.0 Å². The van der Waals surface area contributed by atoms with E-state index in [-0.39, 0.29) is 12.5 Å². The SMILES string of the molecule is O=C(CCc1c[nH]c2ccccc12)NCC1(O)CCOC1. The number of para-hydroxylation sites is 1. The van der Waals surface area contributed by atoms with E-state index in [1.54, 1.807) is 0 Å². The first-order valence-electron chi connectivity index (χ1n) is 7.28. The van der Waals surface area contributed by atoms with Crippen molar-refractivity contribution in [2.75, 3.05) is 19.8 Å². The number of aryl methyl sites for hydroxylation is 1. The van der Waals surface area contributed by atoms with Gasteiger partial charge in [-0.05, 0) is 18.1 Å². The largest absolute Gasteiger partial charge is 0.386 e. The van der Waals surface area contributed by atoms with Crippen molar-refractivity contribution < 1.29 is 14.6 Å². The zero-order valence-electron chi connectivity index (χ0n) is 11.9. The van der Waals surface area contributed by atoms with Crippen LogP contribution in [0.5, 0.6) is 0 Å². The Balaban J connectivity index is 1.51. The summed E-state index contributed by atoms with van der Waals surface area (Å²) in [4.78, 5) is 15.1. The van der Waals surface area contributed by atoms with Gasteiger partial charge in [-0.15, -0.1) is 0 Å². The number of hydrogen-bond acceptors (Lipinski definition) is 3. The number of ether oxygens (including phenoxy) is 1. The van der Waals surface area contributed by atoms with Crippen LogP contribution in [0.15, 0.2) is 30.5 Å². The highest BCUT2D eigenvalue weighted by molar-refractivity contribution is 5.84. The first-order chi connectivity index (χ1) is 10.2. The third-order valence-corrected chi connectivity index (χ3v) is 3.99. The van der Waals surface area contributed by atoms with Crippen LogP contribution in [0, 0.1) is 0 Å². The number of carbonyl (C=O) groups excluding carboxylic acids is 1. The average Bonchev–Trinajstić information content (AvgIpc) is 3.10. The fourth-order valence-corrected chi connectivity index (χ4v) is 2.67. The van der Waals surface area contributed by atoms with Gasteiger partial charge in [-0.25, -0.2) is 0 Å². The Bertz CT molecular complexity index is 629. The minimum Gasteiger partial charge on any atom is -0.386 e. The molecular formula is C16H20N2O3. The highest BCUT2D eigenvalue weighted by Gasteiger charge is 2.32. The lowest BCUT2D eigenvalue weighted by molar-refractivity contribution is -0.122. The first-order valence-corrected chi connectivity index (χ1v) is 7.28. The Morgan fingerprint density at radius 1 is 1.43 bits per heavy atom. The van der Waals surface area contributed by atoms with Gasteiger partial charge in [0, 0.05) is 43.1 Å². The molecule has 2 aromatic rings. The Labute approximate surface area is 123 Å². The maximum absolute atomic E-state index is 11.9. The molecule has 0 aliphatic carbocycles. The standard InChI is InChI=1S/C16H20N2O3/c19-15(18-10-16(20)7-8-21-11-16)6-5-12-9-17-14-4-2-1-3-13(12)14/h1-4,9,17,20H,5-8,10-11H2,(H,18,19). The second-order valence-electron chi connectivity index (χ2n) is 5.66. The van der Waals surface area contributed by atoms with Gasteiger partial charge in [-0.1, -0.05) is 18.2 Å². The molecule has 3 rings (SSSR count). The number of benzene rings is 1. The molecule has 0 bridgehead atoms. The number of aliphatic hydroxyl groups is 1. The summed E-state index contributed by atoms with van der Waals surface area (Å²) in [7, 11) is 0. The predicted molar refractivity (Wildman–Crippen MR) is 80.0 cm³/mol. The second-order valence-corrected chi connectivity index (χ2v) is 5.66. The number of nitrogens with one attached hydrogen (secondary N) is 2. The lowest BCUT2D eigenvalue weighted by Gasteiger charge is -2.20. The van der Waals surface area contributed by atoms with E-state index >= 15 is 0 Å². The summed E-state index contributed by atoms with van der Waals surface area (Å²) in [6.07, 6.45) is 3.63. The zero-order valence-corrected chi connectivity index (χ0v) is 11.9. The monoisotopic (exact) mass is 288 g/mol. The maximum Gasteiger partial charge on any atom is 0.220 e. The third-order valence-electron chi connectivity index (χ3n) is 3.99. The Hall–Kier alpha value is -1.85. The van der Waals surface area contributed by atoms with Crippen molar-refractivity contribution in [3.8, 4) is 0 Å². The van der Waals surface area contributed by atoms with Crippen LogP contribution < -0.4 is 5.32 Å². The molecule has 1 atom stereocenters. The molecule has 0 spiro atoms. The van der Waals surface area contributed by atoms with E-state index in [0.29, 0.717) is 32.5 Å². The number of aromatic nitrogens is 1. The number of aromatic amines is 1. The number of amides is 1. The van der Waals surface area contributed by atoms with Gasteiger partial charge in [-0.3, -0.25) is 4.79 Å². The summed E-state index contributed by atoms with van der Waals surface area (Å²) >= 11 is 0. The minimum absolute atomic E-state index is 0.0411. The number of carbonyl (C=O) groups is 1. The zero-order chi connectivity index (χ0) is 14.7. The summed E-state index contributed by atoms with van der Waals surface area (Å²) < 4.78 is 5.15. The molecule has 1 fully saturated rings. The number of fused-ring (bicyclic) bond motifs is 1. The molecule has 5 nitrogen and oxygen atoms in total. The van der Waals surface area contributed by atoms with Crippen molar-refractivity contribution >= 4 is 16.8 Å². The lowest BCUT2D eigenvalue weighted by atomic mass is 10.0. The van der Waals surface area contributed by atoms with Crippen molar-refractivity contribution in [1.82, 2.24) is 10.3 Å². The summed E-state index contributed by atoms with van der Waals surface area (Å²) in [5.74, 6) is -0.0411. The molecule has 0 radical (unpaired) electrons. The maximum atomic E-state index is 11.9. The highest BCUT2D eigenvalue weighted by Crippen LogP contribution is 2.19. The van der Waals surface area contributed by atoms with Gasteiger partial charge in [0.05, 0.1) is 6.61 Å². The first kappa shape index (κ1) is 14.1. The van der Waals surface area contributed by atoms with Gasteiger partial charge in [0.15, 0.2) is 0 Å². The molecule has 1 aliphatic rings. The third kappa shape index (κ3) is 3.25. The van der Waals surface area contributed by atoms with E-state index < -0.39 is 5.60 Å². The van der Waals surface area contributed by atoms with E-state index in [0.717, 1.165) is 16.5 Å². The van der Waals surface area contributed by atoms with Crippen molar-refractivity contribution in [2.45, 2.75) is 24.9 Å². The normalized spacial score (nSPS) is 21.8. The summed E-state index contributed by atoms with van der Waals surface area (Å²) in [6, 6.07) is 8.06. The van der Waals surface area contributed by atoms with Gasteiger partial charge in [-0.2, -0.15) is 0 Å². The fourth-order valence-electron chi connectivity index (χ4n) is 2.67. The molecule has 1 saturated heterocycles. The molecule has 1 aromatic carbocycles. The quantitative estimate of drug-likeness (QED) is 0.778. The van der Waals surface area contributed by atoms with Crippen LogP contribution in [-0.2, 0) is 16.0 Å². The molecule has 1 amide bonds. The van der Waals surface area contributed by atoms with Gasteiger partial charge < -0.3 is 20.1 Å². The van der Waals surface area contributed by atoms with E-state index in [9.17, 15) is 9.90 Å². The van der Waals surface area contributed by atoms with Gasteiger partial charge in [0.2, 0.25) is 5.91 Å². The van der Waals surface area contributed by atoms with Crippen LogP contribution in [0.25, 0.3) is 10.9 Å². The number of hydrogen-bond donors (Lipinski definition) is 3. The minimum atomic E-state index is -0.892. The molecule has 5 heteroatoms. The molecule has 2 heterocycles. The van der Waals surface area contributed by atoms with E-state index in [1.165, 1.54) is 0 Å². The van der Waals surface area contributed by atoms with Crippen LogP contribution in [0.1, 0.15) is 18.4 Å². The highest BCUT2D eigenvalue weighted by atomic mass is 16.5. The van der Waals surface area contributed by atoms with Crippen LogP contribution in [0.2, 0.25) is 0 Å². The van der Waals surface area contributed by atoms with E-state index in [2.05, 4.69) is 16.4 Å². The van der Waals surface area contributed by atoms with Gasteiger partial charge >= 0.3 is 0 Å². The molecular weight excluding hydrogens is 268 g/mol. The summed E-state index contributed by atoms with van der Waals surface area (Å²) in [5.41, 5.74) is 1.34. The van der Waals surface area contributed by atoms with Crippen LogP contribution >= 0.6 is 0 Å². The Kier molecular flexibility index (Phi) is 3.94. The number of H-pyrrole nitrogens is 1. The lowest BCUT2D eigenvalue weighted by Crippen LogP contribution is -2.43. The summed E-state index contributed by atoms with van der Waals surface area (Å²) in [6.45, 7) is 1.12. The van der Waals surface area contributed by atoms with Gasteiger partial charge in [0.1, 0.15) is 5.60 Å². The molecule has 112 valence electrons. The molecule has 3 N–H and O–H groups in total. The molecule has 1 unspecified atom stereocenters. The topological polar surface area (TPSA) is 74.4 Å². The summed E-state index contributed by atoms with van der Waals surface area (Å²) in [5, 5.41) is 14.0. The molecule has 1 aliphatic heterocycles. The van der Waals surface area contributed by atoms with Crippen molar-refractivity contribution in [1.29, 1.82) is 0 Å². The Morgan fingerprint density at radius 2 is 2.29 bits per heavy atom. The molecule has 0 saturated carbocycles. The molecule has 1 aromatic heterocycles. The van der Waals surface area contributed by atoms with Crippen molar-refractivity contribution in [2.24, 2.45) is 0 Å². The number of rotatable bonds is 5. The van der Waals surface area contributed by atoms with Crippen LogP contribution in [-0.4, -0.2) is 41.4 Å². The fraction of sp³-hybridized carbons (Fsp3) is 0.438. The predicted octanol–water partition coefficient (Wildman–Crippen LogP) is 1.37. The van der Waals surface area contributed by atoms with E-state index in [1.807, 2.05) is 24.4 Å². The van der Waals surface area contributed by atoms with Crippen LogP contribution in [0.3, 0.4) is 0 Å². The average molecular weight is 288 g/mol. The van der Waals surface area contributed by atoms with E-state index in [4.69, 9.17) is 4.74 Å².